The first-order valence-corrected chi connectivity index (χ1v) is 10.9. The molecule has 0 aromatic heterocycles. The number of hydrogen-bond donors (Lipinski definition) is 0. The molecule has 0 aliphatic rings. The van der Waals surface area contributed by atoms with E-state index in [1.54, 1.807) is 0 Å². The number of nitrogens with zero attached hydrogens (tertiary/aromatic N) is 1. The van der Waals surface area contributed by atoms with E-state index in [0.29, 0.717) is 0 Å². The minimum Gasteiger partial charge on any atom is -0.345 e. The molecule has 0 spiro atoms. The summed E-state index contributed by atoms with van der Waals surface area (Å²) >= 11 is 0. The second-order valence-electron chi connectivity index (χ2n) is 7.97. The first-order valence-electron chi connectivity index (χ1n) is 10.9. The molecule has 1 heteroatoms. The zero-order valence-electron chi connectivity index (χ0n) is 18.1. The Kier molecular flexibility index (Phi) is 5.55. The number of benzene rings is 5. The fraction of sp³-hybridized carbons (Fsp3) is 0.0323. The lowest BCUT2D eigenvalue weighted by atomic mass is 10.00. The fourth-order valence-electron chi connectivity index (χ4n) is 4.04. The summed E-state index contributed by atoms with van der Waals surface area (Å²) in [5.41, 5.74) is 9.73. The highest BCUT2D eigenvalue weighted by molar-refractivity contribution is 5.75. The molecule has 5 aromatic rings. The largest absolute Gasteiger partial charge is 0.345 e. The van der Waals surface area contributed by atoms with E-state index in [1.165, 1.54) is 44.8 Å². The first kappa shape index (κ1) is 19.8. The molecule has 5 rings (SSSR count). The van der Waals surface area contributed by atoms with Crippen LogP contribution < -0.4 is 4.90 Å². The van der Waals surface area contributed by atoms with Crippen molar-refractivity contribution in [3.8, 4) is 33.4 Å². The maximum Gasteiger partial charge on any atom is 0.0414 e. The fourth-order valence-corrected chi connectivity index (χ4v) is 4.04. The summed E-state index contributed by atoms with van der Waals surface area (Å²) < 4.78 is 0. The van der Waals surface area contributed by atoms with Crippen LogP contribution >= 0.6 is 0 Å². The minimum atomic E-state index is 1.17. The Morgan fingerprint density at radius 3 is 1.28 bits per heavy atom. The van der Waals surface area contributed by atoms with Gasteiger partial charge in [-0.2, -0.15) is 0 Å². The molecule has 0 aliphatic heterocycles. The maximum absolute atomic E-state index is 2.24. The van der Waals surface area contributed by atoms with E-state index in [0.717, 1.165) is 0 Å². The van der Waals surface area contributed by atoms with Gasteiger partial charge in [0, 0.05) is 18.4 Å². The monoisotopic (exact) mass is 411 g/mol. The summed E-state index contributed by atoms with van der Waals surface area (Å²) in [6.45, 7) is 0. The van der Waals surface area contributed by atoms with Crippen molar-refractivity contribution in [3.63, 3.8) is 0 Å². The second kappa shape index (κ2) is 8.95. The molecular weight excluding hydrogens is 386 g/mol. The molecule has 0 atom stereocenters. The predicted molar refractivity (Wildman–Crippen MR) is 137 cm³/mol. The summed E-state index contributed by atoms with van der Waals surface area (Å²) in [7, 11) is 2.12. The highest BCUT2D eigenvalue weighted by Crippen LogP contribution is 2.31. The summed E-state index contributed by atoms with van der Waals surface area (Å²) in [5.74, 6) is 0. The topological polar surface area (TPSA) is 3.24 Å². The molecule has 0 fully saturated rings. The molecule has 32 heavy (non-hydrogen) atoms. The lowest BCUT2D eigenvalue weighted by Crippen LogP contribution is -2.09. The highest BCUT2D eigenvalue weighted by atomic mass is 15.1. The summed E-state index contributed by atoms with van der Waals surface area (Å²) in [6, 6.07) is 47.3. The third-order valence-electron chi connectivity index (χ3n) is 5.92. The van der Waals surface area contributed by atoms with E-state index in [4.69, 9.17) is 0 Å². The van der Waals surface area contributed by atoms with Gasteiger partial charge in [-0.1, -0.05) is 109 Å². The van der Waals surface area contributed by atoms with Crippen LogP contribution in [0, 0.1) is 0 Å². The van der Waals surface area contributed by atoms with Crippen LogP contribution in [0.5, 0.6) is 0 Å². The molecule has 0 heterocycles. The SMILES string of the molecule is CN(c1ccc(-c2ccc(-c3ccccc3)cc2)cc1)c1cccc(-c2ccccc2)c1. The number of rotatable bonds is 5. The van der Waals surface area contributed by atoms with Crippen LogP contribution in [0.3, 0.4) is 0 Å². The Labute approximate surface area is 190 Å². The van der Waals surface area contributed by atoms with Gasteiger partial charge in [-0.05, 0) is 57.6 Å². The molecule has 154 valence electrons. The van der Waals surface area contributed by atoms with E-state index in [-0.39, 0.29) is 0 Å². The maximum atomic E-state index is 2.24. The third kappa shape index (κ3) is 4.19. The smallest absolute Gasteiger partial charge is 0.0414 e. The second-order valence-corrected chi connectivity index (χ2v) is 7.97. The molecule has 0 bridgehead atoms. The Morgan fingerprint density at radius 2 is 0.750 bits per heavy atom. The molecule has 1 nitrogen and oxygen atoms in total. The first-order chi connectivity index (χ1) is 15.8. The predicted octanol–water partition coefficient (Wildman–Crippen LogP) is 8.46. The lowest BCUT2D eigenvalue weighted by molar-refractivity contribution is 1.21. The molecule has 0 radical (unpaired) electrons. The molecule has 0 N–H and O–H groups in total. The van der Waals surface area contributed by atoms with Gasteiger partial charge in [-0.25, -0.2) is 0 Å². The molecule has 0 amide bonds. The van der Waals surface area contributed by atoms with Crippen molar-refractivity contribution in [2.24, 2.45) is 0 Å². The van der Waals surface area contributed by atoms with Gasteiger partial charge in [0.1, 0.15) is 0 Å². The summed E-state index contributed by atoms with van der Waals surface area (Å²) in [6.07, 6.45) is 0. The molecular formula is C31H25N. The zero-order chi connectivity index (χ0) is 21.8. The van der Waals surface area contributed by atoms with Gasteiger partial charge in [-0.15, -0.1) is 0 Å². The Balaban J connectivity index is 1.36. The third-order valence-corrected chi connectivity index (χ3v) is 5.92. The van der Waals surface area contributed by atoms with Crippen LogP contribution in [0.4, 0.5) is 11.4 Å². The number of hydrogen-bond acceptors (Lipinski definition) is 1. The van der Waals surface area contributed by atoms with Crippen molar-refractivity contribution in [1.82, 2.24) is 0 Å². The Hall–Kier alpha value is -4.10. The van der Waals surface area contributed by atoms with Crippen molar-refractivity contribution in [1.29, 1.82) is 0 Å². The van der Waals surface area contributed by atoms with Crippen LogP contribution in [0.1, 0.15) is 0 Å². The summed E-state index contributed by atoms with van der Waals surface area (Å²) in [5, 5.41) is 0. The normalized spacial score (nSPS) is 10.7. The van der Waals surface area contributed by atoms with Crippen LogP contribution in [0.15, 0.2) is 133 Å². The van der Waals surface area contributed by atoms with Crippen molar-refractivity contribution in [3.05, 3.63) is 133 Å². The van der Waals surface area contributed by atoms with Crippen molar-refractivity contribution < 1.29 is 0 Å². The average Bonchev–Trinajstić information content (AvgIpc) is 2.89. The quantitative estimate of drug-likeness (QED) is 0.280. The summed E-state index contributed by atoms with van der Waals surface area (Å²) in [4.78, 5) is 2.23. The van der Waals surface area contributed by atoms with Crippen LogP contribution in [0.25, 0.3) is 33.4 Å². The van der Waals surface area contributed by atoms with Gasteiger partial charge >= 0.3 is 0 Å². The Bertz CT molecular complexity index is 1290. The zero-order valence-corrected chi connectivity index (χ0v) is 18.1. The minimum absolute atomic E-state index is 1.17. The van der Waals surface area contributed by atoms with Crippen molar-refractivity contribution in [2.45, 2.75) is 0 Å². The standard InChI is InChI=1S/C31H25N/c1-32(31-14-8-13-29(23-31)25-11-6-3-7-12-25)30-21-19-28(20-22-30)27-17-15-26(16-18-27)24-9-4-2-5-10-24/h2-23H,1H3. The van der Waals surface area contributed by atoms with Gasteiger partial charge in [0.15, 0.2) is 0 Å². The molecule has 0 unspecified atom stereocenters. The average molecular weight is 412 g/mol. The van der Waals surface area contributed by atoms with Gasteiger partial charge in [-0.3, -0.25) is 0 Å². The van der Waals surface area contributed by atoms with Gasteiger partial charge in [0.05, 0.1) is 0 Å². The molecule has 0 saturated heterocycles. The van der Waals surface area contributed by atoms with E-state index >= 15 is 0 Å². The van der Waals surface area contributed by atoms with Crippen LogP contribution in [-0.4, -0.2) is 7.05 Å². The van der Waals surface area contributed by atoms with Crippen molar-refractivity contribution in [2.75, 3.05) is 11.9 Å². The highest BCUT2D eigenvalue weighted by Gasteiger charge is 2.07. The lowest BCUT2D eigenvalue weighted by Gasteiger charge is -2.21. The van der Waals surface area contributed by atoms with E-state index in [2.05, 4.69) is 139 Å². The van der Waals surface area contributed by atoms with Gasteiger partial charge in [0.25, 0.3) is 0 Å². The van der Waals surface area contributed by atoms with E-state index < -0.39 is 0 Å². The molecule has 0 saturated carbocycles. The van der Waals surface area contributed by atoms with Crippen LogP contribution in [-0.2, 0) is 0 Å². The molecule has 5 aromatic carbocycles. The van der Waals surface area contributed by atoms with Gasteiger partial charge in [0.2, 0.25) is 0 Å². The van der Waals surface area contributed by atoms with E-state index in [1.807, 2.05) is 6.07 Å². The van der Waals surface area contributed by atoms with Crippen molar-refractivity contribution >= 4 is 11.4 Å². The van der Waals surface area contributed by atoms with Gasteiger partial charge < -0.3 is 4.90 Å². The number of anilines is 2. The van der Waals surface area contributed by atoms with Crippen LogP contribution in [0.2, 0.25) is 0 Å². The molecule has 0 aliphatic carbocycles. The van der Waals surface area contributed by atoms with E-state index in [9.17, 15) is 0 Å². The Morgan fingerprint density at radius 1 is 0.344 bits per heavy atom.